The summed E-state index contributed by atoms with van der Waals surface area (Å²) in [4.78, 5) is 13.0. The normalized spacial score (nSPS) is 11.3. The number of carbonyl (C=O) groups excluding carboxylic acids is 1. The summed E-state index contributed by atoms with van der Waals surface area (Å²) in [6, 6.07) is 6.61. The maximum Gasteiger partial charge on any atom is 0.239 e. The molecular formula is C12H18Cl2N2O2. The third-order valence-electron chi connectivity index (χ3n) is 2.27. The summed E-state index contributed by atoms with van der Waals surface area (Å²) in [6.45, 7) is 2.60. The average molecular weight is 293 g/mol. The van der Waals surface area contributed by atoms with Gasteiger partial charge < -0.3 is 15.4 Å². The quantitative estimate of drug-likeness (QED) is 0.902. The number of benzene rings is 1. The van der Waals surface area contributed by atoms with Crippen LogP contribution >= 0.6 is 24.0 Å². The van der Waals surface area contributed by atoms with Crippen molar-refractivity contribution in [3.63, 3.8) is 0 Å². The minimum absolute atomic E-state index is 0. The summed E-state index contributed by atoms with van der Waals surface area (Å²) in [5.74, 6) is 0.640. The fourth-order valence-corrected chi connectivity index (χ4v) is 1.42. The maximum atomic E-state index is 11.5. The molecule has 0 fully saturated rings. The zero-order valence-electron chi connectivity index (χ0n) is 10.4. The van der Waals surface area contributed by atoms with E-state index in [4.69, 9.17) is 22.1 Å². The average Bonchev–Trinajstić information content (AvgIpc) is 2.30. The Balaban J connectivity index is 0.00000289. The number of amides is 1. The van der Waals surface area contributed by atoms with Crippen LogP contribution in [0.15, 0.2) is 24.3 Å². The van der Waals surface area contributed by atoms with Gasteiger partial charge in [0.15, 0.2) is 0 Å². The molecule has 1 rings (SSSR count). The Morgan fingerprint density at radius 1 is 1.44 bits per heavy atom. The molecule has 1 amide bonds. The molecule has 0 saturated carbocycles. The second kappa shape index (κ2) is 8.19. The van der Waals surface area contributed by atoms with Crippen LogP contribution in [0.2, 0.25) is 5.02 Å². The summed E-state index contributed by atoms with van der Waals surface area (Å²) in [5.41, 5.74) is 5.49. The van der Waals surface area contributed by atoms with E-state index in [1.807, 2.05) is 0 Å². The predicted molar refractivity (Wildman–Crippen MR) is 75.5 cm³/mol. The molecular weight excluding hydrogens is 275 g/mol. The highest BCUT2D eigenvalue weighted by Gasteiger charge is 2.12. The van der Waals surface area contributed by atoms with Crippen LogP contribution in [0.25, 0.3) is 0 Å². The summed E-state index contributed by atoms with van der Waals surface area (Å²) >= 11 is 5.75. The number of hydrogen-bond donors (Lipinski definition) is 1. The van der Waals surface area contributed by atoms with Gasteiger partial charge in [-0.05, 0) is 31.2 Å². The number of halogens is 2. The van der Waals surface area contributed by atoms with Crippen molar-refractivity contribution >= 4 is 29.9 Å². The smallest absolute Gasteiger partial charge is 0.239 e. The number of hydrogen-bond acceptors (Lipinski definition) is 3. The molecule has 0 aromatic heterocycles. The maximum absolute atomic E-state index is 11.5. The number of ether oxygens (including phenoxy) is 1. The number of carbonyl (C=O) groups is 1. The fraction of sp³-hybridized carbons (Fsp3) is 0.417. The van der Waals surface area contributed by atoms with Crippen LogP contribution in [-0.4, -0.2) is 37.0 Å². The van der Waals surface area contributed by atoms with Crippen molar-refractivity contribution in [2.24, 2.45) is 5.73 Å². The van der Waals surface area contributed by atoms with Gasteiger partial charge in [0.25, 0.3) is 0 Å². The molecule has 0 saturated heterocycles. The molecule has 0 heterocycles. The lowest BCUT2D eigenvalue weighted by molar-refractivity contribution is -0.131. The van der Waals surface area contributed by atoms with Gasteiger partial charge in [0, 0.05) is 12.1 Å². The Labute approximate surface area is 118 Å². The second-order valence-corrected chi connectivity index (χ2v) is 4.29. The first kappa shape index (κ1) is 17.0. The molecule has 0 aliphatic rings. The standard InChI is InChI=1S/C12H17ClN2O2.ClH/c1-9(14)12(16)15(2)7-8-17-11-5-3-10(13)4-6-11;/h3-6,9H,7-8,14H2,1-2H3;1H/t9-;/m1./s1. The first-order chi connectivity index (χ1) is 8.00. The Bertz CT molecular complexity index is 369. The van der Waals surface area contributed by atoms with Crippen LogP contribution in [0.3, 0.4) is 0 Å². The van der Waals surface area contributed by atoms with Gasteiger partial charge in [-0.15, -0.1) is 12.4 Å². The molecule has 0 bridgehead atoms. The van der Waals surface area contributed by atoms with Gasteiger partial charge in [-0.3, -0.25) is 4.79 Å². The molecule has 0 unspecified atom stereocenters. The summed E-state index contributed by atoms with van der Waals surface area (Å²) < 4.78 is 5.47. The topological polar surface area (TPSA) is 55.6 Å². The van der Waals surface area contributed by atoms with Gasteiger partial charge in [0.1, 0.15) is 12.4 Å². The third-order valence-corrected chi connectivity index (χ3v) is 2.53. The predicted octanol–water partition coefficient (Wildman–Crippen LogP) is 1.95. The lowest BCUT2D eigenvalue weighted by atomic mass is 10.3. The lowest BCUT2D eigenvalue weighted by Crippen LogP contribution is -2.41. The van der Waals surface area contributed by atoms with Crippen molar-refractivity contribution in [2.45, 2.75) is 13.0 Å². The van der Waals surface area contributed by atoms with Crippen LogP contribution in [0.4, 0.5) is 0 Å². The van der Waals surface area contributed by atoms with E-state index in [-0.39, 0.29) is 18.3 Å². The third kappa shape index (κ3) is 5.58. The molecule has 0 aliphatic heterocycles. The first-order valence-electron chi connectivity index (χ1n) is 5.39. The van der Waals surface area contributed by atoms with Gasteiger partial charge in [0.05, 0.1) is 12.6 Å². The summed E-state index contributed by atoms with van der Waals surface area (Å²) in [5, 5.41) is 0.668. The van der Waals surface area contributed by atoms with Crippen molar-refractivity contribution in [3.05, 3.63) is 29.3 Å². The molecule has 6 heteroatoms. The van der Waals surface area contributed by atoms with Gasteiger partial charge in [0.2, 0.25) is 5.91 Å². The van der Waals surface area contributed by atoms with E-state index < -0.39 is 6.04 Å². The molecule has 18 heavy (non-hydrogen) atoms. The monoisotopic (exact) mass is 292 g/mol. The van der Waals surface area contributed by atoms with E-state index in [1.165, 1.54) is 0 Å². The van der Waals surface area contributed by atoms with Gasteiger partial charge >= 0.3 is 0 Å². The Morgan fingerprint density at radius 2 is 2.00 bits per heavy atom. The lowest BCUT2D eigenvalue weighted by Gasteiger charge is -2.19. The SMILES string of the molecule is C[C@@H](N)C(=O)N(C)CCOc1ccc(Cl)cc1.Cl. The molecule has 0 spiro atoms. The minimum atomic E-state index is -0.476. The Morgan fingerprint density at radius 3 is 2.50 bits per heavy atom. The van der Waals surface area contributed by atoms with Crippen LogP contribution < -0.4 is 10.5 Å². The van der Waals surface area contributed by atoms with Crippen LogP contribution in [0, 0.1) is 0 Å². The zero-order valence-corrected chi connectivity index (χ0v) is 12.0. The van der Waals surface area contributed by atoms with Crippen molar-refractivity contribution in [3.8, 4) is 5.75 Å². The molecule has 0 aliphatic carbocycles. The highest BCUT2D eigenvalue weighted by molar-refractivity contribution is 6.30. The van der Waals surface area contributed by atoms with Crippen LogP contribution in [-0.2, 0) is 4.79 Å². The van der Waals surface area contributed by atoms with Crippen LogP contribution in [0.1, 0.15) is 6.92 Å². The van der Waals surface area contributed by atoms with E-state index in [0.717, 1.165) is 5.75 Å². The van der Waals surface area contributed by atoms with Crippen molar-refractivity contribution in [1.29, 1.82) is 0 Å². The van der Waals surface area contributed by atoms with E-state index >= 15 is 0 Å². The van der Waals surface area contributed by atoms with E-state index in [2.05, 4.69) is 0 Å². The van der Waals surface area contributed by atoms with Crippen molar-refractivity contribution in [2.75, 3.05) is 20.2 Å². The zero-order chi connectivity index (χ0) is 12.8. The molecule has 4 nitrogen and oxygen atoms in total. The van der Waals surface area contributed by atoms with E-state index in [1.54, 1.807) is 43.1 Å². The van der Waals surface area contributed by atoms with Gasteiger partial charge in [-0.1, -0.05) is 11.6 Å². The van der Waals surface area contributed by atoms with Crippen molar-refractivity contribution < 1.29 is 9.53 Å². The summed E-state index contributed by atoms with van der Waals surface area (Å²) in [7, 11) is 1.71. The number of nitrogens with zero attached hydrogens (tertiary/aromatic N) is 1. The second-order valence-electron chi connectivity index (χ2n) is 3.85. The molecule has 1 aromatic rings. The number of likely N-dealkylation sites (N-methyl/N-ethyl adjacent to an activating group) is 1. The first-order valence-corrected chi connectivity index (χ1v) is 5.77. The molecule has 102 valence electrons. The highest BCUT2D eigenvalue weighted by Crippen LogP contribution is 2.15. The Kier molecular flexibility index (Phi) is 7.75. The van der Waals surface area contributed by atoms with Crippen molar-refractivity contribution in [1.82, 2.24) is 4.90 Å². The largest absolute Gasteiger partial charge is 0.492 e. The fourth-order valence-electron chi connectivity index (χ4n) is 1.29. The Hall–Kier alpha value is -0.970. The highest BCUT2D eigenvalue weighted by atomic mass is 35.5. The van der Waals surface area contributed by atoms with E-state index in [0.29, 0.717) is 18.2 Å². The molecule has 0 radical (unpaired) electrons. The van der Waals surface area contributed by atoms with Crippen LogP contribution in [0.5, 0.6) is 5.75 Å². The van der Waals surface area contributed by atoms with Gasteiger partial charge in [-0.25, -0.2) is 0 Å². The number of rotatable bonds is 5. The number of nitrogens with two attached hydrogens (primary N) is 1. The van der Waals surface area contributed by atoms with E-state index in [9.17, 15) is 4.79 Å². The molecule has 2 N–H and O–H groups in total. The minimum Gasteiger partial charge on any atom is -0.492 e. The summed E-state index contributed by atoms with van der Waals surface area (Å²) in [6.07, 6.45) is 0. The molecule has 1 aromatic carbocycles. The van der Waals surface area contributed by atoms with Gasteiger partial charge in [-0.2, -0.15) is 0 Å². The molecule has 1 atom stereocenters.